The zero-order valence-electron chi connectivity index (χ0n) is 27.3. The van der Waals surface area contributed by atoms with E-state index in [0.717, 1.165) is 47.8 Å². The lowest BCUT2D eigenvalue weighted by atomic mass is 9.85. The van der Waals surface area contributed by atoms with Gasteiger partial charge in [-0.1, -0.05) is 116 Å². The summed E-state index contributed by atoms with van der Waals surface area (Å²) in [6.45, 7) is 8.77. The summed E-state index contributed by atoms with van der Waals surface area (Å²) in [4.78, 5) is 27.4. The Balaban J connectivity index is 1.37. The molecule has 1 unspecified atom stereocenters. The number of aryl methyl sites for hydroxylation is 2. The minimum absolute atomic E-state index is 0.162. The molecule has 0 aliphatic carbocycles. The number of amidine groups is 1. The average molecular weight is 644 g/mol. The van der Waals surface area contributed by atoms with Crippen molar-refractivity contribution in [1.82, 2.24) is 5.32 Å². The van der Waals surface area contributed by atoms with Crippen LogP contribution in [0.5, 0.6) is 0 Å². The first kappa shape index (κ1) is 33.5. The number of nitrogens with one attached hydrogen (secondary N) is 2. The number of aliphatic imine (C=N–C) groups is 1. The number of carboxylic acids is 1. The number of hydrogen-bond donors (Lipinski definition) is 3. The van der Waals surface area contributed by atoms with Gasteiger partial charge in [0.25, 0.3) is 5.91 Å². The van der Waals surface area contributed by atoms with E-state index in [-0.39, 0.29) is 22.9 Å². The highest BCUT2D eigenvalue weighted by Gasteiger charge is 2.26. The van der Waals surface area contributed by atoms with Crippen LogP contribution in [-0.2, 0) is 15.1 Å². The largest absolute Gasteiger partial charge is 0.481 e. The van der Waals surface area contributed by atoms with Crippen LogP contribution in [-0.4, -0.2) is 27.9 Å². The Bertz CT molecular complexity index is 1830. The number of thioether (sulfide) groups is 1. The summed E-state index contributed by atoms with van der Waals surface area (Å²) in [6.07, 6.45) is 7.12. The molecule has 1 atom stereocenters. The first-order valence-electron chi connectivity index (χ1n) is 15.9. The molecule has 1 aliphatic heterocycles. The fourth-order valence-electron chi connectivity index (χ4n) is 5.57. The number of rotatable bonds is 12. The van der Waals surface area contributed by atoms with Gasteiger partial charge in [0.15, 0.2) is 5.17 Å². The number of carbonyl (C=O) groups is 2. The molecule has 1 heterocycles. The molecule has 0 radical (unpaired) electrons. The third kappa shape index (κ3) is 8.69. The maximum Gasteiger partial charge on any atom is 0.313 e. The number of amides is 1. The topological polar surface area (TPSA) is 90.8 Å². The fraction of sp³-hybridized carbons (Fsp3) is 0.225. The van der Waals surface area contributed by atoms with Crippen molar-refractivity contribution in [2.24, 2.45) is 4.99 Å². The number of nitrogens with zero attached hydrogens (tertiary/aromatic N) is 1. The molecule has 4 aromatic carbocycles. The number of carboxylic acid groups (broad SMARTS) is 1. The molecular formula is C40H41N3O3S. The van der Waals surface area contributed by atoms with Crippen molar-refractivity contribution in [3.05, 3.63) is 142 Å². The predicted octanol–water partition coefficient (Wildman–Crippen LogP) is 9.05. The molecule has 1 aliphatic rings. The van der Waals surface area contributed by atoms with Gasteiger partial charge in [-0.25, -0.2) is 4.99 Å². The van der Waals surface area contributed by atoms with Gasteiger partial charge in [-0.15, -0.1) is 0 Å². The minimum atomic E-state index is -0.962. The molecule has 5 rings (SSSR count). The second-order valence-electron chi connectivity index (χ2n) is 12.1. The SMILES string of the molecule is CCCCC(C)(Nc1ccc(/C=C2\N=C(SCC(=O)O)NC2=O)cc1)c1ccc(/C=C(\c2ccccc2)c2ccc(C)c(C)c2)cc1. The number of anilines is 1. The second-order valence-corrected chi connectivity index (χ2v) is 13.1. The molecule has 4 aromatic rings. The third-order valence-electron chi connectivity index (χ3n) is 8.43. The summed E-state index contributed by atoms with van der Waals surface area (Å²) in [5.41, 5.74) is 10.3. The van der Waals surface area contributed by atoms with Crippen molar-refractivity contribution in [3.63, 3.8) is 0 Å². The van der Waals surface area contributed by atoms with Gasteiger partial charge in [0.2, 0.25) is 0 Å². The number of hydrogen-bond acceptors (Lipinski definition) is 5. The van der Waals surface area contributed by atoms with Crippen LogP contribution in [0.2, 0.25) is 0 Å². The standard InChI is InChI=1S/C40H41N3O3S/c1-5-6-22-40(4,43-34-20-15-30(16-21-34)25-36-38(46)42-39(41-36)47-26-37(44)45)33-18-13-29(14-19-33)24-35(31-10-8-7-9-11-31)32-17-12-27(2)28(3)23-32/h7-21,23-25,43H,5-6,22,26H2,1-4H3,(H,44,45)(H,41,42,46)/b35-24+,36-25-. The fourth-order valence-corrected chi connectivity index (χ4v) is 6.16. The van der Waals surface area contributed by atoms with Crippen LogP contribution in [0.3, 0.4) is 0 Å². The second kappa shape index (κ2) is 15.1. The number of benzene rings is 4. The maximum absolute atomic E-state index is 12.3. The average Bonchev–Trinajstić information content (AvgIpc) is 3.43. The molecule has 0 fully saturated rings. The van der Waals surface area contributed by atoms with Crippen molar-refractivity contribution in [2.75, 3.05) is 11.1 Å². The Morgan fingerprint density at radius 1 is 0.915 bits per heavy atom. The lowest BCUT2D eigenvalue weighted by molar-refractivity contribution is -0.133. The molecule has 0 bridgehead atoms. The van der Waals surface area contributed by atoms with E-state index in [1.165, 1.54) is 33.4 Å². The van der Waals surface area contributed by atoms with Crippen LogP contribution < -0.4 is 10.6 Å². The van der Waals surface area contributed by atoms with Gasteiger partial charge in [0.1, 0.15) is 5.70 Å². The van der Waals surface area contributed by atoms with Gasteiger partial charge in [-0.3, -0.25) is 14.9 Å². The summed E-state index contributed by atoms with van der Waals surface area (Å²) in [6, 6.07) is 34.0. The third-order valence-corrected chi connectivity index (χ3v) is 9.29. The van der Waals surface area contributed by atoms with Crippen molar-refractivity contribution in [2.45, 2.75) is 52.5 Å². The lowest BCUT2D eigenvalue weighted by Crippen LogP contribution is -2.31. The summed E-state index contributed by atoms with van der Waals surface area (Å²) in [5, 5.41) is 15.6. The first-order valence-corrected chi connectivity index (χ1v) is 16.9. The Kier molecular flexibility index (Phi) is 10.8. The quantitative estimate of drug-likeness (QED) is 0.106. The smallest absolute Gasteiger partial charge is 0.313 e. The van der Waals surface area contributed by atoms with Gasteiger partial charge in [-0.2, -0.15) is 0 Å². The van der Waals surface area contributed by atoms with Crippen molar-refractivity contribution >= 4 is 52.2 Å². The van der Waals surface area contributed by atoms with Crippen molar-refractivity contribution < 1.29 is 14.7 Å². The molecule has 240 valence electrons. The Morgan fingerprint density at radius 3 is 2.28 bits per heavy atom. The van der Waals surface area contributed by atoms with Gasteiger partial charge < -0.3 is 10.4 Å². The Morgan fingerprint density at radius 2 is 1.62 bits per heavy atom. The molecule has 7 heteroatoms. The van der Waals surface area contributed by atoms with Crippen LogP contribution in [0.4, 0.5) is 5.69 Å². The molecule has 0 spiro atoms. The predicted molar refractivity (Wildman–Crippen MR) is 196 cm³/mol. The molecule has 6 nitrogen and oxygen atoms in total. The summed E-state index contributed by atoms with van der Waals surface area (Å²) < 4.78 is 0. The van der Waals surface area contributed by atoms with Crippen molar-refractivity contribution in [3.8, 4) is 0 Å². The molecular weight excluding hydrogens is 603 g/mol. The van der Waals surface area contributed by atoms with E-state index in [4.69, 9.17) is 5.11 Å². The molecule has 1 amide bonds. The molecule has 47 heavy (non-hydrogen) atoms. The van der Waals surface area contributed by atoms with Crippen LogP contribution in [0.1, 0.15) is 72.1 Å². The summed E-state index contributed by atoms with van der Waals surface area (Å²) in [7, 11) is 0. The van der Waals surface area contributed by atoms with E-state index in [1.807, 2.05) is 24.3 Å². The van der Waals surface area contributed by atoms with E-state index in [1.54, 1.807) is 6.08 Å². The van der Waals surface area contributed by atoms with Gasteiger partial charge in [0, 0.05) is 5.69 Å². The van der Waals surface area contributed by atoms with Gasteiger partial charge in [-0.05, 0) is 96.0 Å². The zero-order chi connectivity index (χ0) is 33.4. The summed E-state index contributed by atoms with van der Waals surface area (Å²) >= 11 is 0.990. The zero-order valence-corrected chi connectivity index (χ0v) is 28.2. The highest BCUT2D eigenvalue weighted by Crippen LogP contribution is 2.33. The molecule has 0 aromatic heterocycles. The van der Waals surface area contributed by atoms with Gasteiger partial charge in [0.05, 0.1) is 11.3 Å². The normalized spacial score (nSPS) is 15.2. The number of aliphatic carboxylic acids is 1. The maximum atomic E-state index is 12.3. The monoisotopic (exact) mass is 643 g/mol. The van der Waals surface area contributed by atoms with Gasteiger partial charge >= 0.3 is 5.97 Å². The number of unbranched alkanes of at least 4 members (excludes halogenated alkanes) is 1. The van der Waals surface area contributed by atoms with Crippen LogP contribution in [0, 0.1) is 13.8 Å². The molecule has 3 N–H and O–H groups in total. The van der Waals surface area contributed by atoms with Crippen LogP contribution in [0.25, 0.3) is 17.7 Å². The lowest BCUT2D eigenvalue weighted by Gasteiger charge is -2.33. The van der Waals surface area contributed by atoms with Crippen molar-refractivity contribution in [1.29, 1.82) is 0 Å². The molecule has 0 saturated heterocycles. The first-order chi connectivity index (χ1) is 22.6. The van der Waals surface area contributed by atoms with Crippen LogP contribution >= 0.6 is 11.8 Å². The molecule has 0 saturated carbocycles. The minimum Gasteiger partial charge on any atom is -0.481 e. The number of carbonyl (C=O) groups excluding carboxylic acids is 1. The van der Waals surface area contributed by atoms with E-state index in [9.17, 15) is 9.59 Å². The van der Waals surface area contributed by atoms with E-state index in [2.05, 4.69) is 122 Å². The van der Waals surface area contributed by atoms with E-state index in [0.29, 0.717) is 5.17 Å². The van der Waals surface area contributed by atoms with E-state index >= 15 is 0 Å². The Labute approximate surface area is 281 Å². The highest BCUT2D eigenvalue weighted by molar-refractivity contribution is 8.14. The van der Waals surface area contributed by atoms with E-state index < -0.39 is 5.97 Å². The highest BCUT2D eigenvalue weighted by atomic mass is 32.2. The Hall–Kier alpha value is -4.88. The summed E-state index contributed by atoms with van der Waals surface area (Å²) in [5.74, 6) is -1.46. The van der Waals surface area contributed by atoms with Crippen LogP contribution in [0.15, 0.2) is 108 Å².